The highest BCUT2D eigenvalue weighted by atomic mass is 32.2. The van der Waals surface area contributed by atoms with Gasteiger partial charge < -0.3 is 5.11 Å². The molecule has 108 valence electrons. The van der Waals surface area contributed by atoms with Crippen molar-refractivity contribution in [3.05, 3.63) is 29.8 Å². The second-order valence-corrected chi connectivity index (χ2v) is 6.65. The molecule has 1 aliphatic rings. The molecular formula is C15H19NO3S. The molecule has 2 unspecified atom stereocenters. The molecule has 0 radical (unpaired) electrons. The smallest absolute Gasteiger partial charge is 0.242 e. The summed E-state index contributed by atoms with van der Waals surface area (Å²) in [6.45, 7) is 1.81. The SMILES string of the molecule is CCCC1CC1NS(=O)(=O)c1ccccc1C#CCO. The number of hydrogen-bond donors (Lipinski definition) is 2. The highest BCUT2D eigenvalue weighted by Gasteiger charge is 2.39. The highest BCUT2D eigenvalue weighted by molar-refractivity contribution is 7.89. The lowest BCUT2D eigenvalue weighted by molar-refractivity contribution is 0.350. The van der Waals surface area contributed by atoms with Crippen LogP contribution in [0, 0.1) is 17.8 Å². The van der Waals surface area contributed by atoms with Gasteiger partial charge in [-0.2, -0.15) is 0 Å². The van der Waals surface area contributed by atoms with Crippen LogP contribution in [-0.4, -0.2) is 26.2 Å². The summed E-state index contributed by atoms with van der Waals surface area (Å²) in [6, 6.07) is 6.65. The standard InChI is InChI=1S/C15H19NO3S/c1-2-6-13-11-14(13)16-20(18,19)15-9-4-3-7-12(15)8-5-10-17/h3-4,7,9,13-14,16-17H,2,6,10-11H2,1H3. The number of rotatable bonds is 5. The summed E-state index contributed by atoms with van der Waals surface area (Å²) in [4.78, 5) is 0.183. The molecule has 0 spiro atoms. The molecule has 5 heteroatoms. The van der Waals surface area contributed by atoms with Crippen molar-refractivity contribution in [1.82, 2.24) is 4.72 Å². The van der Waals surface area contributed by atoms with Crippen molar-refractivity contribution in [1.29, 1.82) is 0 Å². The first-order chi connectivity index (χ1) is 9.58. The minimum atomic E-state index is -3.54. The summed E-state index contributed by atoms with van der Waals surface area (Å²) < 4.78 is 27.5. The molecule has 4 nitrogen and oxygen atoms in total. The van der Waals surface area contributed by atoms with E-state index < -0.39 is 10.0 Å². The Labute approximate surface area is 120 Å². The number of hydrogen-bond acceptors (Lipinski definition) is 3. The predicted octanol–water partition coefficient (Wildman–Crippen LogP) is 1.50. The van der Waals surface area contributed by atoms with Crippen molar-refractivity contribution in [3.8, 4) is 11.8 Å². The summed E-state index contributed by atoms with van der Waals surface area (Å²) >= 11 is 0. The first-order valence-electron chi connectivity index (χ1n) is 6.79. The Morgan fingerprint density at radius 1 is 1.40 bits per heavy atom. The molecule has 0 saturated heterocycles. The topological polar surface area (TPSA) is 66.4 Å². The van der Waals surface area contributed by atoms with Crippen LogP contribution in [0.5, 0.6) is 0 Å². The minimum absolute atomic E-state index is 0.0545. The normalized spacial score (nSPS) is 21.1. The molecular weight excluding hydrogens is 274 g/mol. The monoisotopic (exact) mass is 293 g/mol. The Balaban J connectivity index is 2.18. The fraction of sp³-hybridized carbons (Fsp3) is 0.467. The lowest BCUT2D eigenvalue weighted by Crippen LogP contribution is -2.27. The number of nitrogens with one attached hydrogen (secondary N) is 1. The van der Waals surface area contributed by atoms with Crippen LogP contribution >= 0.6 is 0 Å². The van der Waals surface area contributed by atoms with Crippen molar-refractivity contribution < 1.29 is 13.5 Å². The summed E-state index contributed by atoms with van der Waals surface area (Å²) in [5.74, 6) is 5.63. The van der Waals surface area contributed by atoms with Gasteiger partial charge in [-0.05, 0) is 30.9 Å². The van der Waals surface area contributed by atoms with Crippen LogP contribution in [0.25, 0.3) is 0 Å². The van der Waals surface area contributed by atoms with Crippen LogP contribution in [0.2, 0.25) is 0 Å². The van der Waals surface area contributed by atoms with Gasteiger partial charge in [0.2, 0.25) is 10.0 Å². The van der Waals surface area contributed by atoms with Gasteiger partial charge in [0, 0.05) is 11.6 Å². The lowest BCUT2D eigenvalue weighted by atomic mass is 10.2. The van der Waals surface area contributed by atoms with E-state index in [0.29, 0.717) is 11.5 Å². The Bertz CT molecular complexity index is 628. The van der Waals surface area contributed by atoms with E-state index in [1.54, 1.807) is 24.3 Å². The third kappa shape index (κ3) is 3.60. The van der Waals surface area contributed by atoms with E-state index in [-0.39, 0.29) is 17.5 Å². The highest BCUT2D eigenvalue weighted by Crippen LogP contribution is 2.35. The molecule has 2 atom stereocenters. The molecule has 1 aromatic carbocycles. The average Bonchev–Trinajstić information content (AvgIpc) is 3.14. The second-order valence-electron chi connectivity index (χ2n) is 4.97. The van der Waals surface area contributed by atoms with E-state index in [1.807, 2.05) is 0 Å². The molecule has 0 amide bonds. The number of aliphatic hydroxyl groups excluding tert-OH is 1. The van der Waals surface area contributed by atoms with Crippen LogP contribution in [-0.2, 0) is 10.0 Å². The van der Waals surface area contributed by atoms with E-state index in [1.165, 1.54) is 0 Å². The maximum Gasteiger partial charge on any atom is 0.242 e. The first kappa shape index (κ1) is 15.0. The zero-order chi connectivity index (χ0) is 14.6. The Kier molecular flexibility index (Phi) is 4.81. The molecule has 0 heterocycles. The molecule has 1 aromatic rings. The fourth-order valence-electron chi connectivity index (χ4n) is 2.28. The number of aliphatic hydroxyl groups is 1. The molecule has 2 rings (SSSR count). The number of benzene rings is 1. The fourth-order valence-corrected chi connectivity index (χ4v) is 3.76. The molecule has 20 heavy (non-hydrogen) atoms. The van der Waals surface area contributed by atoms with Crippen molar-refractivity contribution in [2.75, 3.05) is 6.61 Å². The Hall–Kier alpha value is -1.35. The van der Waals surface area contributed by atoms with Gasteiger partial charge in [-0.3, -0.25) is 0 Å². The summed E-state index contributed by atoms with van der Waals surface area (Å²) in [5.41, 5.74) is 0.418. The molecule has 0 bridgehead atoms. The predicted molar refractivity (Wildman–Crippen MR) is 77.5 cm³/mol. The van der Waals surface area contributed by atoms with E-state index in [0.717, 1.165) is 19.3 Å². The van der Waals surface area contributed by atoms with E-state index >= 15 is 0 Å². The number of sulfonamides is 1. The first-order valence-corrected chi connectivity index (χ1v) is 8.28. The van der Waals surface area contributed by atoms with Crippen LogP contribution < -0.4 is 4.72 Å². The molecule has 1 fully saturated rings. The van der Waals surface area contributed by atoms with Gasteiger partial charge in [0.1, 0.15) is 6.61 Å². The molecule has 2 N–H and O–H groups in total. The summed E-state index contributed by atoms with van der Waals surface area (Å²) in [6.07, 6.45) is 3.04. The molecule has 1 saturated carbocycles. The van der Waals surface area contributed by atoms with Crippen LogP contribution in [0.4, 0.5) is 0 Å². The van der Waals surface area contributed by atoms with Gasteiger partial charge in [0.05, 0.1) is 4.90 Å². The van der Waals surface area contributed by atoms with Crippen molar-refractivity contribution in [2.45, 2.75) is 37.1 Å². The third-order valence-electron chi connectivity index (χ3n) is 3.37. The average molecular weight is 293 g/mol. The Morgan fingerprint density at radius 3 is 2.85 bits per heavy atom. The van der Waals surface area contributed by atoms with Crippen LogP contribution in [0.1, 0.15) is 31.7 Å². The van der Waals surface area contributed by atoms with Crippen molar-refractivity contribution in [3.63, 3.8) is 0 Å². The van der Waals surface area contributed by atoms with E-state index in [2.05, 4.69) is 23.5 Å². The van der Waals surface area contributed by atoms with Gasteiger partial charge in [-0.15, -0.1) is 0 Å². The maximum atomic E-state index is 12.4. The zero-order valence-electron chi connectivity index (χ0n) is 11.5. The van der Waals surface area contributed by atoms with Crippen LogP contribution in [0.3, 0.4) is 0 Å². The van der Waals surface area contributed by atoms with Crippen LogP contribution in [0.15, 0.2) is 29.2 Å². The van der Waals surface area contributed by atoms with Gasteiger partial charge in [0.25, 0.3) is 0 Å². The molecule has 0 aliphatic heterocycles. The van der Waals surface area contributed by atoms with Gasteiger partial charge in [-0.1, -0.05) is 37.3 Å². The van der Waals surface area contributed by atoms with Crippen molar-refractivity contribution in [2.24, 2.45) is 5.92 Å². The van der Waals surface area contributed by atoms with E-state index in [9.17, 15) is 8.42 Å². The largest absolute Gasteiger partial charge is 0.384 e. The van der Waals surface area contributed by atoms with Gasteiger partial charge in [-0.25, -0.2) is 13.1 Å². The summed E-state index contributed by atoms with van der Waals surface area (Å²) in [7, 11) is -3.54. The van der Waals surface area contributed by atoms with Gasteiger partial charge in [0.15, 0.2) is 0 Å². The Morgan fingerprint density at radius 2 is 2.15 bits per heavy atom. The van der Waals surface area contributed by atoms with Gasteiger partial charge >= 0.3 is 0 Å². The molecule has 0 aromatic heterocycles. The third-order valence-corrected chi connectivity index (χ3v) is 4.92. The lowest BCUT2D eigenvalue weighted by Gasteiger charge is -2.08. The molecule has 1 aliphatic carbocycles. The maximum absolute atomic E-state index is 12.4. The minimum Gasteiger partial charge on any atom is -0.384 e. The van der Waals surface area contributed by atoms with E-state index in [4.69, 9.17) is 5.11 Å². The quantitative estimate of drug-likeness (QED) is 0.809. The zero-order valence-corrected chi connectivity index (χ0v) is 12.3. The summed E-state index contributed by atoms with van der Waals surface area (Å²) in [5, 5.41) is 8.73. The second kappa shape index (κ2) is 6.40. The van der Waals surface area contributed by atoms with Crippen molar-refractivity contribution >= 4 is 10.0 Å².